The number of hydrogen-bond donors (Lipinski definition) is 2. The quantitative estimate of drug-likeness (QED) is 0.278. The van der Waals surface area contributed by atoms with Crippen molar-refractivity contribution in [1.82, 2.24) is 5.43 Å². The minimum Gasteiger partial charge on any atom is -0.379 e. The maximum Gasteiger partial charge on any atom is 0.339 e. The number of hydrogen-bond acceptors (Lipinski definition) is 5. The number of para-hydroxylation sites is 1. The van der Waals surface area contributed by atoms with E-state index in [0.29, 0.717) is 5.11 Å². The van der Waals surface area contributed by atoms with Gasteiger partial charge in [-0.2, -0.15) is 13.5 Å². The van der Waals surface area contributed by atoms with Crippen molar-refractivity contribution >= 4 is 39.4 Å². The van der Waals surface area contributed by atoms with Gasteiger partial charge in [0, 0.05) is 5.69 Å². The molecule has 8 heteroatoms. The number of thiocarbonyl (C=S) groups is 1. The van der Waals surface area contributed by atoms with E-state index in [4.69, 9.17) is 16.4 Å². The van der Waals surface area contributed by atoms with Crippen LogP contribution in [0.4, 0.5) is 5.69 Å². The molecule has 6 nitrogen and oxygen atoms in total. The Morgan fingerprint density at radius 1 is 0.893 bits per heavy atom. The topological polar surface area (TPSA) is 79.8 Å². The monoisotopic (exact) mass is 411 g/mol. The van der Waals surface area contributed by atoms with Crippen molar-refractivity contribution in [3.63, 3.8) is 0 Å². The highest BCUT2D eigenvalue weighted by Gasteiger charge is 2.15. The predicted molar refractivity (Wildman–Crippen MR) is 114 cm³/mol. The number of nitrogens with one attached hydrogen (secondary N) is 2. The van der Waals surface area contributed by atoms with Gasteiger partial charge in [-0.3, -0.25) is 5.43 Å². The molecule has 3 rings (SSSR count). The van der Waals surface area contributed by atoms with E-state index < -0.39 is 10.1 Å². The Morgan fingerprint density at radius 2 is 1.50 bits per heavy atom. The van der Waals surface area contributed by atoms with Crippen LogP contribution >= 0.6 is 12.2 Å². The zero-order valence-corrected chi connectivity index (χ0v) is 16.3. The Hall–Kier alpha value is -3.23. The molecule has 0 aromatic heterocycles. The van der Waals surface area contributed by atoms with E-state index in [-0.39, 0.29) is 10.6 Å². The summed E-state index contributed by atoms with van der Waals surface area (Å²) in [6.45, 7) is 0. The smallest absolute Gasteiger partial charge is 0.339 e. The fourth-order valence-electron chi connectivity index (χ4n) is 2.22. The van der Waals surface area contributed by atoms with Crippen molar-refractivity contribution in [2.75, 3.05) is 5.32 Å². The molecule has 142 valence electrons. The van der Waals surface area contributed by atoms with Crippen molar-refractivity contribution in [1.29, 1.82) is 0 Å². The second-order valence-electron chi connectivity index (χ2n) is 5.61. The Balaban J connectivity index is 1.55. The van der Waals surface area contributed by atoms with Gasteiger partial charge in [0.2, 0.25) is 0 Å². The SMILES string of the molecule is O=S(=O)(Oc1ccc(/C=N\NC(=S)Nc2ccccc2)cc1)c1ccccc1. The van der Waals surface area contributed by atoms with E-state index in [2.05, 4.69) is 15.8 Å². The maximum absolute atomic E-state index is 12.2. The van der Waals surface area contributed by atoms with Crippen LogP contribution in [0.2, 0.25) is 0 Å². The van der Waals surface area contributed by atoms with Gasteiger partial charge in [0.05, 0.1) is 6.21 Å². The molecule has 0 atom stereocenters. The van der Waals surface area contributed by atoms with E-state index in [1.54, 1.807) is 48.7 Å². The molecule has 0 aliphatic heterocycles. The van der Waals surface area contributed by atoms with Crippen LogP contribution in [0, 0.1) is 0 Å². The third-order valence-corrected chi connectivity index (χ3v) is 4.98. The van der Waals surface area contributed by atoms with Crippen molar-refractivity contribution < 1.29 is 12.6 Å². The van der Waals surface area contributed by atoms with Crippen LogP contribution in [0.1, 0.15) is 5.56 Å². The Labute approximate surface area is 169 Å². The van der Waals surface area contributed by atoms with Crippen LogP contribution in [0.25, 0.3) is 0 Å². The van der Waals surface area contributed by atoms with Gasteiger partial charge in [-0.25, -0.2) is 0 Å². The molecule has 2 N–H and O–H groups in total. The molecule has 3 aromatic rings. The summed E-state index contributed by atoms with van der Waals surface area (Å²) >= 11 is 5.16. The van der Waals surface area contributed by atoms with Gasteiger partial charge < -0.3 is 9.50 Å². The van der Waals surface area contributed by atoms with Crippen molar-refractivity contribution in [2.24, 2.45) is 5.10 Å². The van der Waals surface area contributed by atoms with Crippen LogP contribution in [-0.2, 0) is 10.1 Å². The highest BCUT2D eigenvalue weighted by Crippen LogP contribution is 2.18. The molecule has 0 radical (unpaired) electrons. The minimum absolute atomic E-state index is 0.101. The first kappa shape index (κ1) is 19.5. The molecule has 0 saturated carbocycles. The van der Waals surface area contributed by atoms with E-state index in [9.17, 15) is 8.42 Å². The van der Waals surface area contributed by atoms with Gasteiger partial charge in [-0.05, 0) is 66.3 Å². The molecular weight excluding hydrogens is 394 g/mol. The third kappa shape index (κ3) is 5.63. The van der Waals surface area contributed by atoms with E-state index >= 15 is 0 Å². The van der Waals surface area contributed by atoms with Gasteiger partial charge in [-0.15, -0.1) is 0 Å². The first-order valence-electron chi connectivity index (χ1n) is 8.28. The van der Waals surface area contributed by atoms with Crippen LogP contribution in [0.3, 0.4) is 0 Å². The average molecular weight is 412 g/mol. The van der Waals surface area contributed by atoms with Crippen molar-refractivity contribution in [3.05, 3.63) is 90.5 Å². The second kappa shape index (κ2) is 9.12. The molecule has 0 bridgehead atoms. The summed E-state index contributed by atoms with van der Waals surface area (Å²) < 4.78 is 29.5. The summed E-state index contributed by atoms with van der Waals surface area (Å²) in [5, 5.41) is 7.41. The molecule has 0 amide bonds. The lowest BCUT2D eigenvalue weighted by atomic mass is 10.2. The average Bonchev–Trinajstić information content (AvgIpc) is 2.70. The summed E-state index contributed by atoms with van der Waals surface area (Å²) in [4.78, 5) is 0.101. The van der Waals surface area contributed by atoms with Crippen molar-refractivity contribution in [3.8, 4) is 5.75 Å². The standard InChI is InChI=1S/C20H17N3O3S2/c24-28(25,19-9-5-2-6-10-19)26-18-13-11-16(12-14-18)15-21-23-20(27)22-17-7-3-1-4-8-17/h1-15H,(H2,22,23,27)/b21-15-. The molecule has 0 unspecified atom stereocenters. The highest BCUT2D eigenvalue weighted by molar-refractivity contribution is 7.87. The summed E-state index contributed by atoms with van der Waals surface area (Å²) in [5.41, 5.74) is 4.32. The normalized spacial score (nSPS) is 11.1. The van der Waals surface area contributed by atoms with Crippen LogP contribution < -0.4 is 14.9 Å². The fraction of sp³-hybridized carbons (Fsp3) is 0. The van der Waals surface area contributed by atoms with Gasteiger partial charge in [0.15, 0.2) is 5.11 Å². The molecule has 0 spiro atoms. The Morgan fingerprint density at radius 3 is 2.14 bits per heavy atom. The number of nitrogens with zero attached hydrogens (tertiary/aromatic N) is 1. The largest absolute Gasteiger partial charge is 0.379 e. The zero-order chi connectivity index (χ0) is 19.8. The van der Waals surface area contributed by atoms with Crippen LogP contribution in [-0.4, -0.2) is 19.7 Å². The van der Waals surface area contributed by atoms with Gasteiger partial charge in [0.25, 0.3) is 0 Å². The molecule has 0 heterocycles. The summed E-state index contributed by atoms with van der Waals surface area (Å²) in [6.07, 6.45) is 1.56. The predicted octanol–water partition coefficient (Wildman–Crippen LogP) is 3.77. The van der Waals surface area contributed by atoms with Gasteiger partial charge in [-0.1, -0.05) is 36.4 Å². The van der Waals surface area contributed by atoms with Crippen molar-refractivity contribution in [2.45, 2.75) is 4.90 Å². The molecule has 0 aliphatic carbocycles. The summed E-state index contributed by atoms with van der Waals surface area (Å²) in [7, 11) is -3.86. The molecule has 3 aromatic carbocycles. The molecule has 0 aliphatic rings. The lowest BCUT2D eigenvalue weighted by Crippen LogP contribution is -2.23. The van der Waals surface area contributed by atoms with Gasteiger partial charge >= 0.3 is 10.1 Å². The molecule has 0 saturated heterocycles. The lowest BCUT2D eigenvalue weighted by molar-refractivity contribution is 0.486. The minimum atomic E-state index is -3.86. The van der Waals surface area contributed by atoms with Crippen LogP contribution in [0.15, 0.2) is 94.9 Å². The second-order valence-corrected chi connectivity index (χ2v) is 7.56. The third-order valence-electron chi connectivity index (χ3n) is 3.53. The molecule has 28 heavy (non-hydrogen) atoms. The number of benzene rings is 3. The first-order chi connectivity index (χ1) is 13.5. The zero-order valence-electron chi connectivity index (χ0n) is 14.6. The number of anilines is 1. The lowest BCUT2D eigenvalue weighted by Gasteiger charge is -2.07. The van der Waals surface area contributed by atoms with Crippen LogP contribution in [0.5, 0.6) is 5.75 Å². The van der Waals surface area contributed by atoms with E-state index in [1.165, 1.54) is 12.1 Å². The van der Waals surface area contributed by atoms with E-state index in [0.717, 1.165) is 11.3 Å². The maximum atomic E-state index is 12.2. The summed E-state index contributed by atoms with van der Waals surface area (Å²) in [6, 6.07) is 24.0. The summed E-state index contributed by atoms with van der Waals surface area (Å²) in [5.74, 6) is 0.218. The van der Waals surface area contributed by atoms with E-state index in [1.807, 2.05) is 30.3 Å². The molecule has 0 fully saturated rings. The first-order valence-corrected chi connectivity index (χ1v) is 10.1. The van der Waals surface area contributed by atoms with Gasteiger partial charge in [0.1, 0.15) is 10.6 Å². The number of hydrazone groups is 1. The fourth-order valence-corrected chi connectivity index (χ4v) is 3.34. The Kier molecular flexibility index (Phi) is 6.36. The Bertz CT molecular complexity index is 1050. The number of rotatable bonds is 6. The molecular formula is C20H17N3O3S2. The highest BCUT2D eigenvalue weighted by atomic mass is 32.2.